The molecule has 0 aliphatic carbocycles. The van der Waals surface area contributed by atoms with Crippen molar-refractivity contribution in [3.8, 4) is 0 Å². The van der Waals surface area contributed by atoms with E-state index in [0.29, 0.717) is 0 Å². The molecule has 1 amide bonds. The zero-order chi connectivity index (χ0) is 15.0. The van der Waals surface area contributed by atoms with Crippen LogP contribution in [0.25, 0.3) is 10.8 Å². The molecule has 0 N–H and O–H groups in total. The van der Waals surface area contributed by atoms with Crippen molar-refractivity contribution in [3.05, 3.63) is 53.9 Å². The summed E-state index contributed by atoms with van der Waals surface area (Å²) >= 11 is 0. The van der Waals surface area contributed by atoms with E-state index in [9.17, 15) is 13.2 Å². The van der Waals surface area contributed by atoms with Crippen molar-refractivity contribution in [2.24, 2.45) is 0 Å². The van der Waals surface area contributed by atoms with Gasteiger partial charge in [-0.05, 0) is 17.5 Å². The normalized spacial score (nSPS) is 19.8. The minimum absolute atomic E-state index is 0.0597. The van der Waals surface area contributed by atoms with Gasteiger partial charge in [-0.3, -0.25) is 4.79 Å². The van der Waals surface area contributed by atoms with Gasteiger partial charge in [0.2, 0.25) is 5.91 Å². The van der Waals surface area contributed by atoms with E-state index in [0.717, 1.165) is 16.5 Å². The quantitative estimate of drug-likeness (QED) is 0.856. The molecule has 0 radical (unpaired) electrons. The van der Waals surface area contributed by atoms with Crippen molar-refractivity contribution in [1.82, 2.24) is 0 Å². The minimum Gasteiger partial charge on any atom is -0.304 e. The maximum absolute atomic E-state index is 12.1. The van der Waals surface area contributed by atoms with E-state index in [2.05, 4.69) is 0 Å². The number of fused-ring (bicyclic) bond motifs is 1. The van der Waals surface area contributed by atoms with Gasteiger partial charge in [0, 0.05) is 17.7 Å². The number of carbonyl (C=O) groups is 1. The Morgan fingerprint density at radius 2 is 1.86 bits per heavy atom. The summed E-state index contributed by atoms with van der Waals surface area (Å²) in [5.41, 5.74) is 0.743. The molecule has 0 saturated carbocycles. The summed E-state index contributed by atoms with van der Waals surface area (Å²) in [6.07, 6.45) is 1.58. The zero-order valence-corrected chi connectivity index (χ0v) is 12.4. The van der Waals surface area contributed by atoms with Crippen LogP contribution in [0.2, 0.25) is 0 Å². The number of carbonyl (C=O) groups excluding carboxylic acids is 1. The van der Waals surface area contributed by atoms with E-state index in [1.807, 2.05) is 42.5 Å². The highest BCUT2D eigenvalue weighted by molar-refractivity contribution is 7.94. The van der Waals surface area contributed by atoms with Crippen LogP contribution in [0.5, 0.6) is 0 Å². The second-order valence-electron chi connectivity index (χ2n) is 5.11. The van der Waals surface area contributed by atoms with Crippen LogP contribution in [0, 0.1) is 0 Å². The number of nitrogens with zero attached hydrogens (tertiary/aromatic N) is 1. The van der Waals surface area contributed by atoms with Crippen LogP contribution in [0.1, 0.15) is 6.92 Å². The molecule has 1 aliphatic rings. The molecule has 1 heterocycles. The van der Waals surface area contributed by atoms with Crippen molar-refractivity contribution < 1.29 is 13.2 Å². The van der Waals surface area contributed by atoms with E-state index < -0.39 is 15.9 Å². The summed E-state index contributed by atoms with van der Waals surface area (Å²) in [5, 5.41) is 3.15. The highest BCUT2D eigenvalue weighted by Crippen LogP contribution is 2.30. The predicted molar refractivity (Wildman–Crippen MR) is 83.8 cm³/mol. The second kappa shape index (κ2) is 5.00. The molecule has 0 saturated heterocycles. The van der Waals surface area contributed by atoms with Crippen molar-refractivity contribution >= 4 is 32.2 Å². The Morgan fingerprint density at radius 3 is 2.52 bits per heavy atom. The zero-order valence-electron chi connectivity index (χ0n) is 11.6. The Balaban J connectivity index is 2.13. The fourth-order valence-corrected chi connectivity index (χ4v) is 3.99. The summed E-state index contributed by atoms with van der Waals surface area (Å²) < 4.78 is 23.3. The largest absolute Gasteiger partial charge is 0.304 e. The Morgan fingerprint density at radius 1 is 1.14 bits per heavy atom. The average Bonchev–Trinajstić information content (AvgIpc) is 2.79. The summed E-state index contributed by atoms with van der Waals surface area (Å²) in [6, 6.07) is 13.0. The molecule has 0 unspecified atom stereocenters. The molecule has 21 heavy (non-hydrogen) atoms. The van der Waals surface area contributed by atoms with Gasteiger partial charge in [0.25, 0.3) is 0 Å². The lowest BCUT2D eigenvalue weighted by Gasteiger charge is -2.27. The Kier molecular flexibility index (Phi) is 3.29. The number of amides is 1. The third-order valence-electron chi connectivity index (χ3n) is 3.61. The molecule has 3 rings (SSSR count). The van der Waals surface area contributed by atoms with E-state index in [4.69, 9.17) is 0 Å². The molecule has 1 atom stereocenters. The topological polar surface area (TPSA) is 54.5 Å². The number of hydrogen-bond acceptors (Lipinski definition) is 3. The summed E-state index contributed by atoms with van der Waals surface area (Å²) in [7, 11) is -3.21. The smallest absolute Gasteiger partial charge is 0.224 e. The molecule has 108 valence electrons. The Labute approximate surface area is 123 Å². The van der Waals surface area contributed by atoms with Crippen molar-refractivity contribution in [1.29, 1.82) is 0 Å². The third kappa shape index (κ3) is 2.56. The number of hydrogen-bond donors (Lipinski definition) is 0. The maximum Gasteiger partial charge on any atom is 0.224 e. The molecule has 0 aromatic heterocycles. The highest BCUT2D eigenvalue weighted by atomic mass is 32.2. The van der Waals surface area contributed by atoms with Gasteiger partial charge in [-0.2, -0.15) is 0 Å². The first-order chi connectivity index (χ1) is 9.98. The predicted octanol–water partition coefficient (Wildman–Crippen LogP) is 2.50. The van der Waals surface area contributed by atoms with Crippen LogP contribution < -0.4 is 4.90 Å². The van der Waals surface area contributed by atoms with Crippen LogP contribution >= 0.6 is 0 Å². The standard InChI is InChI=1S/C16H15NO3S/c1-12(18)17(14-9-10-21(19,20)11-14)16-8-4-6-13-5-2-3-7-15(13)16/h2-10,14H,11H2,1H3/t14-/m1/s1. The molecule has 0 spiro atoms. The lowest BCUT2D eigenvalue weighted by molar-refractivity contribution is -0.116. The summed E-state index contributed by atoms with van der Waals surface area (Å²) in [5.74, 6) is -0.228. The highest BCUT2D eigenvalue weighted by Gasteiger charge is 2.30. The summed E-state index contributed by atoms with van der Waals surface area (Å²) in [6.45, 7) is 1.46. The molecule has 2 aromatic rings. The molecule has 2 aromatic carbocycles. The monoisotopic (exact) mass is 301 g/mol. The lowest BCUT2D eigenvalue weighted by atomic mass is 10.1. The van der Waals surface area contributed by atoms with Crippen LogP contribution in [0.4, 0.5) is 5.69 Å². The Bertz CT molecular complexity index is 834. The Hall–Kier alpha value is -2.14. The van der Waals surface area contributed by atoms with E-state index in [1.54, 1.807) is 11.0 Å². The van der Waals surface area contributed by atoms with Gasteiger partial charge in [0.05, 0.1) is 17.5 Å². The first-order valence-corrected chi connectivity index (χ1v) is 8.38. The van der Waals surface area contributed by atoms with E-state index >= 15 is 0 Å². The molecular weight excluding hydrogens is 286 g/mol. The minimum atomic E-state index is -3.21. The fourth-order valence-electron chi connectivity index (χ4n) is 2.72. The number of rotatable bonds is 2. The van der Waals surface area contributed by atoms with Gasteiger partial charge < -0.3 is 4.90 Å². The molecular formula is C16H15NO3S. The van der Waals surface area contributed by atoms with Gasteiger partial charge in [0.1, 0.15) is 0 Å². The third-order valence-corrected chi connectivity index (χ3v) is 4.99. The molecule has 0 bridgehead atoms. The van der Waals surface area contributed by atoms with Crippen LogP contribution in [0.3, 0.4) is 0 Å². The average molecular weight is 301 g/mol. The number of benzene rings is 2. The first-order valence-electron chi connectivity index (χ1n) is 6.66. The van der Waals surface area contributed by atoms with E-state index in [-0.39, 0.29) is 11.7 Å². The van der Waals surface area contributed by atoms with Gasteiger partial charge in [0.15, 0.2) is 9.84 Å². The van der Waals surface area contributed by atoms with Crippen molar-refractivity contribution in [2.45, 2.75) is 13.0 Å². The SMILES string of the molecule is CC(=O)N(c1cccc2ccccc12)[C@@H]1C=CS(=O)(=O)C1. The molecule has 4 nitrogen and oxygen atoms in total. The van der Waals surface area contributed by atoms with Gasteiger partial charge in [-0.25, -0.2) is 8.42 Å². The molecule has 1 aliphatic heterocycles. The second-order valence-corrected chi connectivity index (χ2v) is 7.04. The first kappa shape index (κ1) is 13.8. The van der Waals surface area contributed by atoms with Gasteiger partial charge in [-0.1, -0.05) is 36.4 Å². The van der Waals surface area contributed by atoms with Gasteiger partial charge in [-0.15, -0.1) is 0 Å². The van der Waals surface area contributed by atoms with Crippen LogP contribution in [0.15, 0.2) is 53.9 Å². The fraction of sp³-hybridized carbons (Fsp3) is 0.188. The van der Waals surface area contributed by atoms with Crippen molar-refractivity contribution in [3.63, 3.8) is 0 Å². The van der Waals surface area contributed by atoms with E-state index in [1.165, 1.54) is 12.3 Å². The molecule has 5 heteroatoms. The van der Waals surface area contributed by atoms with Crippen LogP contribution in [-0.2, 0) is 14.6 Å². The van der Waals surface area contributed by atoms with Crippen LogP contribution in [-0.4, -0.2) is 26.1 Å². The van der Waals surface area contributed by atoms with Gasteiger partial charge >= 0.3 is 0 Å². The molecule has 0 fully saturated rings. The summed E-state index contributed by atoms with van der Waals surface area (Å²) in [4.78, 5) is 13.6. The maximum atomic E-state index is 12.1. The number of sulfone groups is 1. The van der Waals surface area contributed by atoms with Crippen molar-refractivity contribution in [2.75, 3.05) is 10.7 Å². The number of anilines is 1. The lowest BCUT2D eigenvalue weighted by Crippen LogP contribution is -2.39.